The number of nitrogens with one attached hydrogen (secondary N) is 1. The maximum Gasteiger partial charge on any atom is 0.337 e. The lowest BCUT2D eigenvalue weighted by molar-refractivity contribution is 0.0601. The predicted octanol–water partition coefficient (Wildman–Crippen LogP) is 4.26. The molecule has 0 atom stereocenters. The van der Waals surface area contributed by atoms with E-state index in [2.05, 4.69) is 46.2 Å². The number of carbonyl (C=O) groups is 1. The van der Waals surface area contributed by atoms with Gasteiger partial charge in [0.25, 0.3) is 0 Å². The molecule has 0 aliphatic carbocycles. The summed E-state index contributed by atoms with van der Waals surface area (Å²) in [6, 6.07) is 15.2. The van der Waals surface area contributed by atoms with Crippen molar-refractivity contribution in [1.82, 2.24) is 10.1 Å². The first-order chi connectivity index (χ1) is 12.6. The number of carbonyl (C=O) groups excluding carboxylic acids is 1. The Balaban J connectivity index is 1.62. The van der Waals surface area contributed by atoms with Crippen molar-refractivity contribution in [1.29, 1.82) is 0 Å². The van der Waals surface area contributed by atoms with Gasteiger partial charge < -0.3 is 14.6 Å². The van der Waals surface area contributed by atoms with Crippen molar-refractivity contribution in [3.63, 3.8) is 0 Å². The van der Waals surface area contributed by atoms with Crippen LogP contribution in [0.1, 0.15) is 41.6 Å². The van der Waals surface area contributed by atoms with E-state index in [9.17, 15) is 4.79 Å². The topological polar surface area (TPSA) is 77.2 Å². The number of esters is 1. The van der Waals surface area contributed by atoms with Crippen molar-refractivity contribution in [3.8, 4) is 11.4 Å². The van der Waals surface area contributed by atoms with E-state index in [4.69, 9.17) is 4.52 Å². The summed E-state index contributed by atoms with van der Waals surface area (Å²) < 4.78 is 9.98. The molecular formula is C20H21N3O3. The normalized spacial score (nSPS) is 10.8. The number of methoxy groups -OCH3 is 1. The molecule has 134 valence electrons. The van der Waals surface area contributed by atoms with Gasteiger partial charge >= 0.3 is 5.97 Å². The first kappa shape index (κ1) is 17.7. The lowest BCUT2D eigenvalue weighted by Crippen LogP contribution is -2.03. The number of hydrogen-bond acceptors (Lipinski definition) is 6. The number of benzene rings is 2. The fraction of sp³-hybridized carbons (Fsp3) is 0.250. The summed E-state index contributed by atoms with van der Waals surface area (Å²) in [5, 5.41) is 7.22. The van der Waals surface area contributed by atoms with E-state index in [1.54, 1.807) is 24.3 Å². The SMILES string of the molecule is COC(=O)c1ccc(NCc2nc(-c3ccc(C(C)C)cc3)no2)cc1. The van der Waals surface area contributed by atoms with Crippen LogP contribution in [0.3, 0.4) is 0 Å². The molecule has 1 N–H and O–H groups in total. The molecule has 0 spiro atoms. The molecule has 3 rings (SSSR count). The van der Waals surface area contributed by atoms with Gasteiger partial charge in [-0.15, -0.1) is 0 Å². The zero-order chi connectivity index (χ0) is 18.5. The Morgan fingerprint density at radius 3 is 2.42 bits per heavy atom. The van der Waals surface area contributed by atoms with E-state index >= 15 is 0 Å². The van der Waals surface area contributed by atoms with Crippen LogP contribution in [-0.4, -0.2) is 23.2 Å². The molecule has 6 heteroatoms. The van der Waals surface area contributed by atoms with Crippen molar-refractivity contribution < 1.29 is 14.1 Å². The Morgan fingerprint density at radius 2 is 1.81 bits per heavy atom. The lowest BCUT2D eigenvalue weighted by atomic mass is 10.0. The lowest BCUT2D eigenvalue weighted by Gasteiger charge is -2.05. The van der Waals surface area contributed by atoms with E-state index in [-0.39, 0.29) is 5.97 Å². The number of aromatic nitrogens is 2. The Hall–Kier alpha value is -3.15. The molecule has 0 unspecified atom stereocenters. The number of rotatable bonds is 6. The first-order valence-electron chi connectivity index (χ1n) is 8.42. The minimum Gasteiger partial charge on any atom is -0.465 e. The average Bonchev–Trinajstić information content (AvgIpc) is 3.15. The second-order valence-electron chi connectivity index (χ2n) is 6.21. The smallest absolute Gasteiger partial charge is 0.337 e. The van der Waals surface area contributed by atoms with E-state index in [1.165, 1.54) is 12.7 Å². The van der Waals surface area contributed by atoms with Crippen molar-refractivity contribution in [2.24, 2.45) is 0 Å². The standard InChI is InChI=1S/C20H21N3O3/c1-13(2)14-4-6-15(7-5-14)19-22-18(26-23-19)12-21-17-10-8-16(9-11-17)20(24)25-3/h4-11,13,21H,12H2,1-3H3. The second kappa shape index (κ2) is 7.82. The summed E-state index contributed by atoms with van der Waals surface area (Å²) in [6.07, 6.45) is 0. The molecule has 0 fully saturated rings. The number of nitrogens with zero attached hydrogens (tertiary/aromatic N) is 2. The van der Waals surface area contributed by atoms with Gasteiger partial charge in [0.15, 0.2) is 0 Å². The molecule has 0 aliphatic heterocycles. The third-order valence-electron chi connectivity index (χ3n) is 4.05. The van der Waals surface area contributed by atoms with Crippen LogP contribution in [0.2, 0.25) is 0 Å². The van der Waals surface area contributed by atoms with Crippen LogP contribution < -0.4 is 5.32 Å². The summed E-state index contributed by atoms with van der Waals surface area (Å²) in [6.45, 7) is 4.71. The molecular weight excluding hydrogens is 330 g/mol. The highest BCUT2D eigenvalue weighted by atomic mass is 16.5. The molecule has 0 radical (unpaired) electrons. The Kier molecular flexibility index (Phi) is 5.31. The molecule has 2 aromatic carbocycles. The number of ether oxygens (including phenoxy) is 1. The van der Waals surface area contributed by atoms with Gasteiger partial charge in [-0.05, 0) is 35.7 Å². The highest BCUT2D eigenvalue weighted by molar-refractivity contribution is 5.89. The molecule has 0 aliphatic rings. The van der Waals surface area contributed by atoms with Gasteiger partial charge in [0.2, 0.25) is 11.7 Å². The zero-order valence-corrected chi connectivity index (χ0v) is 15.0. The molecule has 0 saturated carbocycles. The van der Waals surface area contributed by atoms with Crippen molar-refractivity contribution >= 4 is 11.7 Å². The van der Waals surface area contributed by atoms with Crippen molar-refractivity contribution in [2.45, 2.75) is 26.3 Å². The highest BCUT2D eigenvalue weighted by Gasteiger charge is 2.10. The summed E-state index contributed by atoms with van der Waals surface area (Å²) in [7, 11) is 1.36. The monoisotopic (exact) mass is 351 g/mol. The number of anilines is 1. The van der Waals surface area contributed by atoms with E-state index in [1.807, 2.05) is 12.1 Å². The maximum absolute atomic E-state index is 11.4. The number of hydrogen-bond donors (Lipinski definition) is 1. The summed E-state index contributed by atoms with van der Waals surface area (Å²) >= 11 is 0. The van der Waals surface area contributed by atoms with Crippen LogP contribution in [-0.2, 0) is 11.3 Å². The summed E-state index contributed by atoms with van der Waals surface area (Å²) in [4.78, 5) is 15.8. The summed E-state index contributed by atoms with van der Waals surface area (Å²) in [5.41, 5.74) is 3.54. The van der Waals surface area contributed by atoms with Gasteiger partial charge in [-0.25, -0.2) is 4.79 Å². The van der Waals surface area contributed by atoms with Crippen LogP contribution in [0.4, 0.5) is 5.69 Å². The third kappa shape index (κ3) is 4.08. The Labute approximate surface area is 152 Å². The molecule has 1 aromatic heterocycles. The van der Waals surface area contributed by atoms with Gasteiger partial charge in [0, 0.05) is 11.3 Å². The third-order valence-corrected chi connectivity index (χ3v) is 4.05. The Morgan fingerprint density at radius 1 is 1.12 bits per heavy atom. The quantitative estimate of drug-likeness (QED) is 0.669. The van der Waals surface area contributed by atoms with E-state index < -0.39 is 0 Å². The molecule has 6 nitrogen and oxygen atoms in total. The molecule has 0 amide bonds. The van der Waals surface area contributed by atoms with E-state index in [0.29, 0.717) is 29.7 Å². The van der Waals surface area contributed by atoms with Crippen LogP contribution in [0.5, 0.6) is 0 Å². The highest BCUT2D eigenvalue weighted by Crippen LogP contribution is 2.21. The fourth-order valence-electron chi connectivity index (χ4n) is 2.48. The molecule has 0 bridgehead atoms. The second-order valence-corrected chi connectivity index (χ2v) is 6.21. The van der Waals surface area contributed by atoms with E-state index in [0.717, 1.165) is 11.3 Å². The van der Waals surface area contributed by atoms with Crippen LogP contribution >= 0.6 is 0 Å². The predicted molar refractivity (Wildman–Crippen MR) is 98.9 cm³/mol. The van der Waals surface area contributed by atoms with Crippen molar-refractivity contribution in [2.75, 3.05) is 12.4 Å². The van der Waals surface area contributed by atoms with Crippen LogP contribution in [0, 0.1) is 0 Å². The van der Waals surface area contributed by atoms with Crippen LogP contribution in [0.15, 0.2) is 53.1 Å². The molecule has 0 saturated heterocycles. The van der Waals surface area contributed by atoms with Gasteiger partial charge in [-0.2, -0.15) is 4.98 Å². The maximum atomic E-state index is 11.4. The fourth-order valence-corrected chi connectivity index (χ4v) is 2.48. The molecule has 3 aromatic rings. The Bertz CT molecular complexity index is 868. The van der Waals surface area contributed by atoms with Crippen molar-refractivity contribution in [3.05, 3.63) is 65.5 Å². The molecule has 1 heterocycles. The minimum absolute atomic E-state index is 0.360. The van der Waals surface area contributed by atoms with Gasteiger partial charge in [0.1, 0.15) is 0 Å². The van der Waals surface area contributed by atoms with Gasteiger partial charge in [-0.3, -0.25) is 0 Å². The first-order valence-corrected chi connectivity index (χ1v) is 8.42. The minimum atomic E-state index is -0.360. The summed E-state index contributed by atoms with van der Waals surface area (Å²) in [5.74, 6) is 1.18. The molecule has 26 heavy (non-hydrogen) atoms. The largest absolute Gasteiger partial charge is 0.465 e. The van der Waals surface area contributed by atoms with Gasteiger partial charge in [-0.1, -0.05) is 43.3 Å². The van der Waals surface area contributed by atoms with Gasteiger partial charge in [0.05, 0.1) is 19.2 Å². The van der Waals surface area contributed by atoms with Crippen LogP contribution in [0.25, 0.3) is 11.4 Å². The average molecular weight is 351 g/mol. The zero-order valence-electron chi connectivity index (χ0n) is 15.0.